The molecule has 1 fully saturated rings. The lowest BCUT2D eigenvalue weighted by Gasteiger charge is -2.36. The number of alkyl halides is 3. The number of rotatable bonds is 4. The molecule has 0 N–H and O–H groups in total. The van der Waals surface area contributed by atoms with E-state index in [2.05, 4.69) is 0 Å². The highest BCUT2D eigenvalue weighted by molar-refractivity contribution is 6.32. The van der Waals surface area contributed by atoms with Gasteiger partial charge < -0.3 is 14.5 Å². The van der Waals surface area contributed by atoms with Gasteiger partial charge in [0.15, 0.2) is 6.61 Å². The average molecular weight is 413 g/mol. The van der Waals surface area contributed by atoms with Crippen LogP contribution in [0.4, 0.5) is 18.9 Å². The molecule has 1 aliphatic rings. The van der Waals surface area contributed by atoms with E-state index in [1.807, 2.05) is 17.9 Å². The van der Waals surface area contributed by atoms with Crippen molar-refractivity contribution in [3.05, 3.63) is 58.6 Å². The maximum atomic E-state index is 12.9. The van der Waals surface area contributed by atoms with Gasteiger partial charge in [0, 0.05) is 31.9 Å². The molecular weight excluding hydrogens is 393 g/mol. The van der Waals surface area contributed by atoms with Crippen LogP contribution in [0, 0.1) is 6.92 Å². The number of carbonyl (C=O) groups is 1. The molecule has 4 nitrogen and oxygen atoms in total. The second kappa shape index (κ2) is 8.31. The minimum Gasteiger partial charge on any atom is -0.482 e. The molecule has 1 amide bonds. The first-order valence-electron chi connectivity index (χ1n) is 8.83. The zero-order valence-electron chi connectivity index (χ0n) is 15.3. The van der Waals surface area contributed by atoms with Crippen molar-refractivity contribution in [2.75, 3.05) is 37.7 Å². The minimum absolute atomic E-state index is 0.132. The predicted octanol–water partition coefficient (Wildman–Crippen LogP) is 4.39. The number of amides is 1. The van der Waals surface area contributed by atoms with Crippen LogP contribution >= 0.6 is 11.6 Å². The largest absolute Gasteiger partial charge is 0.482 e. The number of carbonyl (C=O) groups excluding carboxylic acids is 1. The Morgan fingerprint density at radius 3 is 2.50 bits per heavy atom. The van der Waals surface area contributed by atoms with Crippen LogP contribution < -0.4 is 9.64 Å². The molecule has 1 heterocycles. The van der Waals surface area contributed by atoms with Crippen LogP contribution in [0.1, 0.15) is 11.1 Å². The van der Waals surface area contributed by atoms with Gasteiger partial charge in [-0.1, -0.05) is 23.7 Å². The molecule has 0 unspecified atom stereocenters. The second-order valence-corrected chi connectivity index (χ2v) is 7.05. The number of hydrogen-bond acceptors (Lipinski definition) is 3. The van der Waals surface area contributed by atoms with Crippen molar-refractivity contribution in [3.63, 3.8) is 0 Å². The van der Waals surface area contributed by atoms with Crippen LogP contribution in [-0.4, -0.2) is 43.6 Å². The van der Waals surface area contributed by atoms with Crippen LogP contribution in [0.5, 0.6) is 5.75 Å². The van der Waals surface area contributed by atoms with Gasteiger partial charge in [-0.15, -0.1) is 0 Å². The first kappa shape index (κ1) is 20.3. The Kier molecular flexibility index (Phi) is 6.03. The monoisotopic (exact) mass is 412 g/mol. The molecule has 2 aromatic carbocycles. The van der Waals surface area contributed by atoms with Crippen molar-refractivity contribution >= 4 is 23.2 Å². The molecule has 1 aliphatic heterocycles. The SMILES string of the molecule is Cc1ccc(Cl)c(OCC(=O)N2CCN(c3cccc(C(F)(F)F)c3)CC2)c1. The molecule has 150 valence electrons. The van der Waals surface area contributed by atoms with Crippen molar-refractivity contribution in [3.8, 4) is 5.75 Å². The van der Waals surface area contributed by atoms with Crippen molar-refractivity contribution in [1.82, 2.24) is 4.90 Å². The summed E-state index contributed by atoms with van der Waals surface area (Å²) < 4.78 is 44.2. The van der Waals surface area contributed by atoms with Gasteiger partial charge in [-0.2, -0.15) is 13.2 Å². The predicted molar refractivity (Wildman–Crippen MR) is 102 cm³/mol. The lowest BCUT2D eigenvalue weighted by atomic mass is 10.1. The Labute approximate surface area is 166 Å². The minimum atomic E-state index is -4.37. The molecule has 0 bridgehead atoms. The molecule has 0 saturated carbocycles. The van der Waals surface area contributed by atoms with Gasteiger partial charge in [-0.3, -0.25) is 4.79 Å². The van der Waals surface area contributed by atoms with Crippen LogP contribution in [0.2, 0.25) is 5.02 Å². The molecule has 0 aromatic heterocycles. The second-order valence-electron chi connectivity index (χ2n) is 6.64. The van der Waals surface area contributed by atoms with E-state index >= 15 is 0 Å². The maximum absolute atomic E-state index is 12.9. The van der Waals surface area contributed by atoms with E-state index < -0.39 is 11.7 Å². The van der Waals surface area contributed by atoms with Gasteiger partial charge in [0.05, 0.1) is 10.6 Å². The number of anilines is 1. The number of ether oxygens (including phenoxy) is 1. The summed E-state index contributed by atoms with van der Waals surface area (Å²) >= 11 is 6.06. The molecule has 0 radical (unpaired) electrons. The topological polar surface area (TPSA) is 32.8 Å². The van der Waals surface area contributed by atoms with E-state index in [9.17, 15) is 18.0 Å². The third-order valence-electron chi connectivity index (χ3n) is 4.61. The highest BCUT2D eigenvalue weighted by atomic mass is 35.5. The zero-order chi connectivity index (χ0) is 20.3. The molecule has 28 heavy (non-hydrogen) atoms. The standard InChI is InChI=1S/C20H20ClF3N2O2/c1-14-5-6-17(21)18(11-14)28-13-19(27)26-9-7-25(8-10-26)16-4-2-3-15(12-16)20(22,23)24/h2-6,11-12H,7-10,13H2,1H3. The number of halogens is 4. The van der Waals surface area contributed by atoms with Crippen molar-refractivity contribution in [2.45, 2.75) is 13.1 Å². The summed E-state index contributed by atoms with van der Waals surface area (Å²) in [6.45, 7) is 3.52. The summed E-state index contributed by atoms with van der Waals surface area (Å²) in [5.41, 5.74) is 0.804. The Morgan fingerprint density at radius 2 is 1.82 bits per heavy atom. The highest BCUT2D eigenvalue weighted by Gasteiger charge is 2.31. The fraction of sp³-hybridized carbons (Fsp3) is 0.350. The van der Waals surface area contributed by atoms with E-state index in [1.54, 1.807) is 23.1 Å². The van der Waals surface area contributed by atoms with Gasteiger partial charge in [0.25, 0.3) is 5.91 Å². The van der Waals surface area contributed by atoms with Crippen molar-refractivity contribution in [2.24, 2.45) is 0 Å². The normalized spacial score (nSPS) is 14.9. The quantitative estimate of drug-likeness (QED) is 0.746. The summed E-state index contributed by atoms with van der Waals surface area (Å²) in [6.07, 6.45) is -4.37. The molecular formula is C20H20ClF3N2O2. The highest BCUT2D eigenvalue weighted by Crippen LogP contribution is 2.32. The molecule has 8 heteroatoms. The summed E-state index contributed by atoms with van der Waals surface area (Å²) in [7, 11) is 0. The Hall–Kier alpha value is -2.41. The van der Waals surface area contributed by atoms with E-state index in [4.69, 9.17) is 16.3 Å². The van der Waals surface area contributed by atoms with Gasteiger partial charge >= 0.3 is 6.18 Å². The number of benzene rings is 2. The number of hydrogen-bond donors (Lipinski definition) is 0. The van der Waals surface area contributed by atoms with E-state index in [-0.39, 0.29) is 12.5 Å². The van der Waals surface area contributed by atoms with E-state index in [0.717, 1.165) is 17.7 Å². The lowest BCUT2D eigenvalue weighted by molar-refractivity contribution is -0.137. The summed E-state index contributed by atoms with van der Waals surface area (Å²) in [5, 5.41) is 0.438. The van der Waals surface area contributed by atoms with Gasteiger partial charge in [-0.05, 0) is 42.8 Å². The first-order chi connectivity index (χ1) is 13.2. The molecule has 2 aromatic rings. The van der Waals surface area contributed by atoms with E-state index in [0.29, 0.717) is 42.6 Å². The number of nitrogens with zero attached hydrogens (tertiary/aromatic N) is 2. The Bertz CT molecular complexity index is 850. The van der Waals surface area contributed by atoms with Gasteiger partial charge in [0.1, 0.15) is 5.75 Å². The van der Waals surface area contributed by atoms with Gasteiger partial charge in [0.2, 0.25) is 0 Å². The average Bonchev–Trinajstić information content (AvgIpc) is 2.68. The lowest BCUT2D eigenvalue weighted by Crippen LogP contribution is -2.50. The molecule has 0 aliphatic carbocycles. The molecule has 0 atom stereocenters. The fourth-order valence-electron chi connectivity index (χ4n) is 3.04. The third-order valence-corrected chi connectivity index (χ3v) is 4.92. The smallest absolute Gasteiger partial charge is 0.416 e. The van der Waals surface area contributed by atoms with Crippen LogP contribution in [0.15, 0.2) is 42.5 Å². The Balaban J connectivity index is 1.55. The fourth-order valence-corrected chi connectivity index (χ4v) is 3.22. The maximum Gasteiger partial charge on any atom is 0.416 e. The van der Waals surface area contributed by atoms with Crippen molar-refractivity contribution < 1.29 is 22.7 Å². The Morgan fingerprint density at radius 1 is 1.11 bits per heavy atom. The summed E-state index contributed by atoms with van der Waals surface area (Å²) in [5.74, 6) is 0.277. The molecule has 3 rings (SSSR count). The number of aryl methyl sites for hydroxylation is 1. The summed E-state index contributed by atoms with van der Waals surface area (Å²) in [6, 6.07) is 10.6. The summed E-state index contributed by atoms with van der Waals surface area (Å²) in [4.78, 5) is 15.9. The molecule has 0 spiro atoms. The number of piperazine rings is 1. The molecule has 1 saturated heterocycles. The third kappa shape index (κ3) is 4.90. The first-order valence-corrected chi connectivity index (χ1v) is 9.21. The zero-order valence-corrected chi connectivity index (χ0v) is 16.1. The van der Waals surface area contributed by atoms with Crippen LogP contribution in [0.3, 0.4) is 0 Å². The van der Waals surface area contributed by atoms with Crippen LogP contribution in [-0.2, 0) is 11.0 Å². The van der Waals surface area contributed by atoms with E-state index in [1.165, 1.54) is 6.07 Å². The van der Waals surface area contributed by atoms with Crippen LogP contribution in [0.25, 0.3) is 0 Å². The van der Waals surface area contributed by atoms with Crippen molar-refractivity contribution in [1.29, 1.82) is 0 Å². The van der Waals surface area contributed by atoms with Gasteiger partial charge in [-0.25, -0.2) is 0 Å².